The molecular formula is C27H28N2O3. The Bertz CT molecular complexity index is 1020. The number of hydrogen-bond acceptors (Lipinski definition) is 3. The van der Waals surface area contributed by atoms with Crippen LogP contribution in [-0.2, 0) is 22.7 Å². The third-order valence-electron chi connectivity index (χ3n) is 5.83. The van der Waals surface area contributed by atoms with Crippen LogP contribution in [-0.4, -0.2) is 34.7 Å². The standard InChI is InChI=1S/C27H28N2O3/c30-26(14-13-22-8-3-1-4-9-22)28-17-15-24(16-18-28)27(31)29(21-25-12-7-19-32-25)20-23-10-5-2-6-11-23/h1-14,19,24H,15-18,20-21H2/b14-13+. The number of piperidine rings is 1. The van der Waals surface area contributed by atoms with E-state index >= 15 is 0 Å². The van der Waals surface area contributed by atoms with E-state index in [0.717, 1.165) is 16.9 Å². The van der Waals surface area contributed by atoms with Crippen molar-refractivity contribution < 1.29 is 14.0 Å². The zero-order valence-corrected chi connectivity index (χ0v) is 18.1. The summed E-state index contributed by atoms with van der Waals surface area (Å²) >= 11 is 0. The maximum Gasteiger partial charge on any atom is 0.246 e. The van der Waals surface area contributed by atoms with Gasteiger partial charge in [-0.3, -0.25) is 9.59 Å². The molecule has 2 amide bonds. The van der Waals surface area contributed by atoms with Gasteiger partial charge in [-0.1, -0.05) is 60.7 Å². The molecule has 2 heterocycles. The van der Waals surface area contributed by atoms with Crippen LogP contribution in [0.15, 0.2) is 89.6 Å². The van der Waals surface area contributed by atoms with E-state index in [0.29, 0.717) is 39.0 Å². The van der Waals surface area contributed by atoms with E-state index < -0.39 is 0 Å². The number of likely N-dealkylation sites (tertiary alicyclic amines) is 1. The summed E-state index contributed by atoms with van der Waals surface area (Å²) in [6.45, 7) is 2.17. The highest BCUT2D eigenvalue weighted by Gasteiger charge is 2.30. The molecule has 0 radical (unpaired) electrons. The highest BCUT2D eigenvalue weighted by atomic mass is 16.3. The Morgan fingerprint density at radius 3 is 2.25 bits per heavy atom. The average Bonchev–Trinajstić information content (AvgIpc) is 3.36. The topological polar surface area (TPSA) is 53.8 Å². The molecule has 0 spiro atoms. The molecule has 5 nitrogen and oxygen atoms in total. The van der Waals surface area contributed by atoms with Crippen LogP contribution in [0.25, 0.3) is 6.08 Å². The Labute approximate surface area is 189 Å². The predicted octanol–water partition coefficient (Wildman–Crippen LogP) is 4.76. The molecule has 2 aromatic carbocycles. The Balaban J connectivity index is 1.36. The summed E-state index contributed by atoms with van der Waals surface area (Å²) in [5.41, 5.74) is 2.09. The molecule has 1 aliphatic rings. The average molecular weight is 429 g/mol. The zero-order valence-electron chi connectivity index (χ0n) is 18.1. The fraction of sp³-hybridized carbons (Fsp3) is 0.259. The van der Waals surface area contributed by atoms with E-state index in [2.05, 4.69) is 0 Å². The van der Waals surface area contributed by atoms with Crippen LogP contribution in [0.5, 0.6) is 0 Å². The predicted molar refractivity (Wildman–Crippen MR) is 124 cm³/mol. The molecular weight excluding hydrogens is 400 g/mol. The van der Waals surface area contributed by atoms with Crippen molar-refractivity contribution in [1.29, 1.82) is 0 Å². The van der Waals surface area contributed by atoms with Crippen LogP contribution in [0.3, 0.4) is 0 Å². The lowest BCUT2D eigenvalue weighted by Crippen LogP contribution is -2.43. The summed E-state index contributed by atoms with van der Waals surface area (Å²) in [7, 11) is 0. The zero-order chi connectivity index (χ0) is 22.2. The second-order valence-electron chi connectivity index (χ2n) is 8.10. The second-order valence-corrected chi connectivity index (χ2v) is 8.10. The molecule has 5 heteroatoms. The lowest BCUT2D eigenvalue weighted by Gasteiger charge is -2.33. The van der Waals surface area contributed by atoms with E-state index in [9.17, 15) is 9.59 Å². The van der Waals surface area contributed by atoms with Gasteiger partial charge in [0.1, 0.15) is 5.76 Å². The number of furan rings is 1. The van der Waals surface area contributed by atoms with Crippen molar-refractivity contribution in [2.75, 3.05) is 13.1 Å². The highest BCUT2D eigenvalue weighted by Crippen LogP contribution is 2.23. The molecule has 164 valence electrons. The quantitative estimate of drug-likeness (QED) is 0.510. The van der Waals surface area contributed by atoms with E-state index in [1.165, 1.54) is 0 Å². The van der Waals surface area contributed by atoms with Crippen LogP contribution in [0, 0.1) is 5.92 Å². The van der Waals surface area contributed by atoms with Gasteiger partial charge in [-0.2, -0.15) is 0 Å². The first-order chi connectivity index (χ1) is 15.7. The van der Waals surface area contributed by atoms with Gasteiger partial charge in [0.2, 0.25) is 11.8 Å². The highest BCUT2D eigenvalue weighted by molar-refractivity contribution is 5.92. The maximum atomic E-state index is 13.4. The summed E-state index contributed by atoms with van der Waals surface area (Å²) in [4.78, 5) is 29.6. The third-order valence-corrected chi connectivity index (χ3v) is 5.83. The largest absolute Gasteiger partial charge is 0.467 e. The van der Waals surface area contributed by atoms with Crippen molar-refractivity contribution in [3.8, 4) is 0 Å². The fourth-order valence-electron chi connectivity index (χ4n) is 4.05. The molecule has 4 rings (SSSR count). The minimum absolute atomic E-state index is 0.00326. The van der Waals surface area contributed by atoms with Crippen molar-refractivity contribution in [2.45, 2.75) is 25.9 Å². The molecule has 0 atom stereocenters. The van der Waals surface area contributed by atoms with Crippen molar-refractivity contribution >= 4 is 17.9 Å². The van der Waals surface area contributed by atoms with Gasteiger partial charge in [0.15, 0.2) is 0 Å². The van der Waals surface area contributed by atoms with Gasteiger partial charge in [-0.25, -0.2) is 0 Å². The van der Waals surface area contributed by atoms with Gasteiger partial charge in [0.05, 0.1) is 12.8 Å². The monoisotopic (exact) mass is 428 g/mol. The Kier molecular flexibility index (Phi) is 7.18. The number of rotatable bonds is 7. The van der Waals surface area contributed by atoms with Gasteiger partial charge in [-0.15, -0.1) is 0 Å². The molecule has 1 saturated heterocycles. The molecule has 1 aliphatic heterocycles. The smallest absolute Gasteiger partial charge is 0.246 e. The van der Waals surface area contributed by atoms with E-state index in [4.69, 9.17) is 4.42 Å². The minimum Gasteiger partial charge on any atom is -0.467 e. The van der Waals surface area contributed by atoms with Crippen LogP contribution < -0.4 is 0 Å². The lowest BCUT2D eigenvalue weighted by atomic mass is 9.94. The Morgan fingerprint density at radius 1 is 0.906 bits per heavy atom. The number of carbonyl (C=O) groups is 2. The third kappa shape index (κ3) is 5.76. The number of hydrogen-bond donors (Lipinski definition) is 0. The molecule has 0 unspecified atom stereocenters. The Morgan fingerprint density at radius 2 is 1.59 bits per heavy atom. The summed E-state index contributed by atoms with van der Waals surface area (Å²) in [6, 6.07) is 23.5. The number of amides is 2. The molecule has 32 heavy (non-hydrogen) atoms. The van der Waals surface area contributed by atoms with E-state index in [1.807, 2.05) is 88.7 Å². The number of nitrogens with zero attached hydrogens (tertiary/aromatic N) is 2. The number of benzene rings is 2. The first-order valence-corrected chi connectivity index (χ1v) is 11.1. The van der Waals surface area contributed by atoms with Crippen molar-refractivity contribution in [3.05, 3.63) is 102 Å². The van der Waals surface area contributed by atoms with Crippen molar-refractivity contribution in [1.82, 2.24) is 9.80 Å². The molecule has 1 fully saturated rings. The van der Waals surface area contributed by atoms with E-state index in [-0.39, 0.29) is 17.7 Å². The first kappa shape index (κ1) is 21.6. The van der Waals surface area contributed by atoms with Crippen LogP contribution in [0.2, 0.25) is 0 Å². The maximum absolute atomic E-state index is 13.4. The molecule has 0 aliphatic carbocycles. The molecule has 0 saturated carbocycles. The van der Waals surface area contributed by atoms with Crippen molar-refractivity contribution in [2.24, 2.45) is 5.92 Å². The molecule has 0 N–H and O–H groups in total. The Hall–Kier alpha value is -3.60. The lowest BCUT2D eigenvalue weighted by molar-refractivity contribution is -0.140. The number of carbonyl (C=O) groups excluding carboxylic acids is 2. The molecule has 0 bridgehead atoms. The van der Waals surface area contributed by atoms with Gasteiger partial charge in [-0.05, 0) is 42.2 Å². The van der Waals surface area contributed by atoms with Crippen molar-refractivity contribution in [3.63, 3.8) is 0 Å². The van der Waals surface area contributed by atoms with Gasteiger partial charge in [0, 0.05) is 31.6 Å². The van der Waals surface area contributed by atoms with Gasteiger partial charge in [0.25, 0.3) is 0 Å². The second kappa shape index (κ2) is 10.6. The summed E-state index contributed by atoms with van der Waals surface area (Å²) in [5.74, 6) is 0.803. The van der Waals surface area contributed by atoms with Gasteiger partial charge >= 0.3 is 0 Å². The SMILES string of the molecule is O=C(/C=C/c1ccccc1)N1CCC(C(=O)N(Cc2ccccc2)Cc2ccco2)CC1. The van der Waals surface area contributed by atoms with E-state index in [1.54, 1.807) is 12.3 Å². The molecule has 3 aromatic rings. The first-order valence-electron chi connectivity index (χ1n) is 11.1. The van der Waals surface area contributed by atoms with Crippen LogP contribution in [0.1, 0.15) is 29.7 Å². The van der Waals surface area contributed by atoms with Gasteiger partial charge < -0.3 is 14.2 Å². The van der Waals surface area contributed by atoms with Crippen LogP contribution >= 0.6 is 0 Å². The summed E-state index contributed by atoms with van der Waals surface area (Å²) in [6.07, 6.45) is 6.44. The normalized spacial score (nSPS) is 14.6. The summed E-state index contributed by atoms with van der Waals surface area (Å²) < 4.78 is 5.50. The molecule has 1 aromatic heterocycles. The minimum atomic E-state index is -0.0872. The van der Waals surface area contributed by atoms with Crippen LogP contribution in [0.4, 0.5) is 0 Å². The fourth-order valence-corrected chi connectivity index (χ4v) is 4.05. The summed E-state index contributed by atoms with van der Waals surface area (Å²) in [5, 5.41) is 0.